The van der Waals surface area contributed by atoms with Crippen LogP contribution in [0, 0.1) is 0 Å². The lowest BCUT2D eigenvalue weighted by atomic mass is 10.0. The highest BCUT2D eigenvalue weighted by molar-refractivity contribution is 5.76. The van der Waals surface area contributed by atoms with Gasteiger partial charge in [-0.25, -0.2) is 0 Å². The van der Waals surface area contributed by atoms with Gasteiger partial charge in [0.2, 0.25) is 5.91 Å². The Kier molecular flexibility index (Phi) is 53.5. The molecule has 0 spiro atoms. The van der Waals surface area contributed by atoms with Crippen LogP contribution in [0.4, 0.5) is 0 Å². The minimum absolute atomic E-state index is 0.000183. The Morgan fingerprint density at radius 3 is 1.18 bits per heavy atom. The Labute approximate surface area is 405 Å². The summed E-state index contributed by atoms with van der Waals surface area (Å²) in [6, 6.07) is -0.543. The second kappa shape index (κ2) is 54.9. The van der Waals surface area contributed by atoms with E-state index >= 15 is 0 Å². The first-order chi connectivity index (χ1) is 32.0. The first-order valence-corrected chi connectivity index (χ1v) is 29.1. The standard InChI is InChI=1S/C59H113NO5/c1-3-5-7-9-11-13-15-17-18-19-23-26-29-33-37-41-45-49-53-59(64)65-54-50-46-42-38-34-30-27-24-21-20-22-25-28-32-36-40-44-48-52-58(63)60-56(55-61)57(62)51-47-43-39-35-31-16-14-12-10-8-6-4-2/h13,15,18-19,56-57,61-62H,3-12,14,16-17,20-55H2,1-2H3,(H,60,63)/b15-13-,19-18-. The lowest BCUT2D eigenvalue weighted by Crippen LogP contribution is -2.45. The van der Waals surface area contributed by atoms with Crippen molar-refractivity contribution in [2.75, 3.05) is 13.2 Å². The van der Waals surface area contributed by atoms with E-state index in [0.717, 1.165) is 51.4 Å². The van der Waals surface area contributed by atoms with Crippen molar-refractivity contribution in [3.63, 3.8) is 0 Å². The fraction of sp³-hybridized carbons (Fsp3) is 0.898. The number of rotatable bonds is 54. The SMILES string of the molecule is CCCCCC/C=C\C/C=C\CCCCCCCCCC(=O)OCCCCCCCCCCCCCCCCCCCCC(=O)NC(CO)C(O)CCCCCCCCCCCCCC. The molecule has 0 aliphatic rings. The molecule has 3 N–H and O–H groups in total. The molecule has 6 nitrogen and oxygen atoms in total. The molecule has 0 aromatic rings. The maximum absolute atomic E-state index is 12.4. The largest absolute Gasteiger partial charge is 0.466 e. The van der Waals surface area contributed by atoms with E-state index in [-0.39, 0.29) is 18.5 Å². The van der Waals surface area contributed by atoms with Crippen LogP contribution in [0.3, 0.4) is 0 Å². The molecule has 0 aliphatic carbocycles. The van der Waals surface area contributed by atoms with Crippen molar-refractivity contribution >= 4 is 11.9 Å². The molecule has 0 rings (SSSR count). The molecule has 384 valence electrons. The zero-order valence-electron chi connectivity index (χ0n) is 43.7. The number of esters is 1. The minimum Gasteiger partial charge on any atom is -0.466 e. The Morgan fingerprint density at radius 2 is 0.769 bits per heavy atom. The molecule has 0 radical (unpaired) electrons. The quantitative estimate of drug-likeness (QED) is 0.0321. The number of aliphatic hydroxyl groups is 2. The van der Waals surface area contributed by atoms with E-state index in [0.29, 0.717) is 25.9 Å². The van der Waals surface area contributed by atoms with Crippen molar-refractivity contribution in [1.29, 1.82) is 0 Å². The van der Waals surface area contributed by atoms with Crippen LogP contribution < -0.4 is 5.32 Å². The van der Waals surface area contributed by atoms with Crippen molar-refractivity contribution in [1.82, 2.24) is 5.32 Å². The first-order valence-electron chi connectivity index (χ1n) is 29.1. The number of carbonyl (C=O) groups excluding carboxylic acids is 2. The molecule has 0 aromatic heterocycles. The smallest absolute Gasteiger partial charge is 0.305 e. The van der Waals surface area contributed by atoms with Gasteiger partial charge in [-0.05, 0) is 57.8 Å². The predicted molar refractivity (Wildman–Crippen MR) is 283 cm³/mol. The average molecular weight is 917 g/mol. The molecule has 6 heteroatoms. The summed E-state index contributed by atoms with van der Waals surface area (Å²) in [5, 5.41) is 23.2. The average Bonchev–Trinajstić information content (AvgIpc) is 3.31. The lowest BCUT2D eigenvalue weighted by Gasteiger charge is -2.22. The Bertz CT molecular complexity index is 1010. The van der Waals surface area contributed by atoms with E-state index in [2.05, 4.69) is 43.5 Å². The van der Waals surface area contributed by atoms with E-state index in [4.69, 9.17) is 4.74 Å². The Morgan fingerprint density at radius 1 is 0.431 bits per heavy atom. The zero-order chi connectivity index (χ0) is 47.2. The van der Waals surface area contributed by atoms with Gasteiger partial charge in [0, 0.05) is 12.8 Å². The van der Waals surface area contributed by atoms with Crippen molar-refractivity contribution in [2.24, 2.45) is 0 Å². The molecule has 0 heterocycles. The third-order valence-corrected chi connectivity index (χ3v) is 13.5. The van der Waals surface area contributed by atoms with Gasteiger partial charge in [0.25, 0.3) is 0 Å². The van der Waals surface area contributed by atoms with Gasteiger partial charge in [0.05, 0.1) is 25.4 Å². The lowest BCUT2D eigenvalue weighted by molar-refractivity contribution is -0.143. The van der Waals surface area contributed by atoms with Gasteiger partial charge in [0.15, 0.2) is 0 Å². The third kappa shape index (κ3) is 51.6. The molecular formula is C59H113NO5. The first kappa shape index (κ1) is 63.3. The minimum atomic E-state index is -0.666. The number of unbranched alkanes of at least 4 members (excludes halogenated alkanes) is 39. The highest BCUT2D eigenvalue weighted by Gasteiger charge is 2.20. The summed E-state index contributed by atoms with van der Waals surface area (Å²) in [5.74, 6) is -0.0388. The molecule has 65 heavy (non-hydrogen) atoms. The summed E-state index contributed by atoms with van der Waals surface area (Å²) in [4.78, 5) is 24.5. The molecule has 0 fully saturated rings. The van der Waals surface area contributed by atoms with Crippen LogP contribution >= 0.6 is 0 Å². The van der Waals surface area contributed by atoms with E-state index in [1.165, 1.54) is 231 Å². The maximum Gasteiger partial charge on any atom is 0.305 e. The van der Waals surface area contributed by atoms with Gasteiger partial charge in [-0.1, -0.05) is 269 Å². The van der Waals surface area contributed by atoms with Crippen molar-refractivity contribution in [3.8, 4) is 0 Å². The van der Waals surface area contributed by atoms with Crippen LogP contribution in [0.25, 0.3) is 0 Å². The summed E-state index contributed by atoms with van der Waals surface area (Å²) in [7, 11) is 0. The van der Waals surface area contributed by atoms with Crippen LogP contribution in [-0.2, 0) is 14.3 Å². The second-order valence-electron chi connectivity index (χ2n) is 20.0. The molecule has 2 atom stereocenters. The number of aliphatic hydroxyl groups excluding tert-OH is 2. The number of allylic oxidation sites excluding steroid dienone is 4. The second-order valence-corrected chi connectivity index (χ2v) is 20.0. The summed E-state index contributed by atoms with van der Waals surface area (Å²) in [5.41, 5.74) is 0. The van der Waals surface area contributed by atoms with E-state index in [1.54, 1.807) is 0 Å². The normalized spacial score (nSPS) is 12.7. The fourth-order valence-electron chi connectivity index (χ4n) is 9.02. The number of ether oxygens (including phenoxy) is 1. The summed E-state index contributed by atoms with van der Waals surface area (Å²) in [6.45, 7) is 4.93. The number of amides is 1. The third-order valence-electron chi connectivity index (χ3n) is 13.5. The van der Waals surface area contributed by atoms with Gasteiger partial charge in [-0.3, -0.25) is 9.59 Å². The molecule has 0 aliphatic heterocycles. The molecule has 0 aromatic carbocycles. The molecule has 0 bridgehead atoms. The van der Waals surface area contributed by atoms with E-state index < -0.39 is 12.1 Å². The van der Waals surface area contributed by atoms with Crippen LogP contribution in [0.15, 0.2) is 24.3 Å². The van der Waals surface area contributed by atoms with E-state index in [9.17, 15) is 19.8 Å². The maximum atomic E-state index is 12.4. The topological polar surface area (TPSA) is 95.9 Å². The number of hydrogen-bond donors (Lipinski definition) is 3. The molecule has 2 unspecified atom stereocenters. The van der Waals surface area contributed by atoms with Gasteiger partial charge in [-0.15, -0.1) is 0 Å². The summed E-state index contributed by atoms with van der Waals surface area (Å²) >= 11 is 0. The fourth-order valence-corrected chi connectivity index (χ4v) is 9.02. The van der Waals surface area contributed by atoms with Gasteiger partial charge in [0.1, 0.15) is 0 Å². The molecule has 0 saturated heterocycles. The van der Waals surface area contributed by atoms with Gasteiger partial charge in [-0.2, -0.15) is 0 Å². The van der Waals surface area contributed by atoms with E-state index in [1.807, 2.05) is 0 Å². The monoisotopic (exact) mass is 916 g/mol. The summed E-state index contributed by atoms with van der Waals surface area (Å²) < 4.78 is 5.49. The number of carbonyl (C=O) groups is 2. The predicted octanol–water partition coefficient (Wildman–Crippen LogP) is 17.9. The highest BCUT2D eigenvalue weighted by atomic mass is 16.5. The van der Waals surface area contributed by atoms with Crippen LogP contribution in [0.1, 0.15) is 316 Å². The number of hydrogen-bond acceptors (Lipinski definition) is 5. The van der Waals surface area contributed by atoms with Crippen molar-refractivity contribution < 1.29 is 24.5 Å². The van der Waals surface area contributed by atoms with Gasteiger partial charge >= 0.3 is 5.97 Å². The van der Waals surface area contributed by atoms with Crippen molar-refractivity contribution in [2.45, 2.75) is 328 Å². The molecule has 1 amide bonds. The van der Waals surface area contributed by atoms with Crippen LogP contribution in [0.5, 0.6) is 0 Å². The summed E-state index contributed by atoms with van der Waals surface area (Å²) in [6.07, 6.45) is 65.9. The highest BCUT2D eigenvalue weighted by Crippen LogP contribution is 2.17. The van der Waals surface area contributed by atoms with Crippen LogP contribution in [-0.4, -0.2) is 47.4 Å². The Balaban J connectivity index is 3.39. The zero-order valence-corrected chi connectivity index (χ0v) is 43.7. The van der Waals surface area contributed by atoms with Crippen LogP contribution in [0.2, 0.25) is 0 Å². The Hall–Kier alpha value is -1.66. The van der Waals surface area contributed by atoms with Gasteiger partial charge < -0.3 is 20.3 Å². The molecule has 0 saturated carbocycles. The molecular weight excluding hydrogens is 803 g/mol. The number of nitrogens with one attached hydrogen (secondary N) is 1. The van der Waals surface area contributed by atoms with Crippen molar-refractivity contribution in [3.05, 3.63) is 24.3 Å².